The van der Waals surface area contributed by atoms with Crippen molar-refractivity contribution < 1.29 is 0 Å². The van der Waals surface area contributed by atoms with E-state index in [9.17, 15) is 0 Å². The third-order valence-electron chi connectivity index (χ3n) is 2.27. The Morgan fingerprint density at radius 3 is 2.53 bits per heavy atom. The van der Waals surface area contributed by atoms with Crippen LogP contribution >= 0.6 is 15.9 Å². The summed E-state index contributed by atoms with van der Waals surface area (Å²) in [5.74, 6) is 0. The molecular weight excluding hydrogens is 252 g/mol. The van der Waals surface area contributed by atoms with E-state index < -0.39 is 0 Å². The molecule has 0 fully saturated rings. The SMILES string of the molecule is CC(C)(C)c1cnc2cc(Br)ccc2n1. The van der Waals surface area contributed by atoms with E-state index in [1.54, 1.807) is 0 Å². The van der Waals surface area contributed by atoms with Gasteiger partial charge < -0.3 is 0 Å². The number of halogens is 1. The average Bonchev–Trinajstić information content (AvgIpc) is 2.15. The lowest BCUT2D eigenvalue weighted by Gasteiger charge is -2.17. The summed E-state index contributed by atoms with van der Waals surface area (Å²) in [6.07, 6.45) is 1.86. The van der Waals surface area contributed by atoms with Gasteiger partial charge in [-0.05, 0) is 18.2 Å². The highest BCUT2D eigenvalue weighted by molar-refractivity contribution is 9.10. The molecule has 2 aromatic rings. The highest BCUT2D eigenvalue weighted by Gasteiger charge is 2.16. The highest BCUT2D eigenvalue weighted by atomic mass is 79.9. The first-order valence-corrected chi connectivity index (χ1v) is 5.69. The summed E-state index contributed by atoms with van der Waals surface area (Å²) in [4.78, 5) is 9.02. The summed E-state index contributed by atoms with van der Waals surface area (Å²) in [5, 5.41) is 0. The Hall–Kier alpha value is -0.960. The molecule has 0 aliphatic rings. The van der Waals surface area contributed by atoms with Crippen LogP contribution in [0.25, 0.3) is 11.0 Å². The molecule has 2 nitrogen and oxygen atoms in total. The molecule has 0 saturated carbocycles. The van der Waals surface area contributed by atoms with E-state index in [1.165, 1.54) is 0 Å². The first-order chi connectivity index (χ1) is 6.97. The van der Waals surface area contributed by atoms with Gasteiger partial charge in [-0.3, -0.25) is 4.98 Å². The van der Waals surface area contributed by atoms with Gasteiger partial charge in [-0.2, -0.15) is 0 Å². The van der Waals surface area contributed by atoms with Gasteiger partial charge in [0.05, 0.1) is 16.7 Å². The van der Waals surface area contributed by atoms with Crippen molar-refractivity contribution in [3.8, 4) is 0 Å². The minimum absolute atomic E-state index is 0.0499. The second-order valence-corrected chi connectivity index (χ2v) is 5.55. The largest absolute Gasteiger partial charge is 0.253 e. The lowest BCUT2D eigenvalue weighted by atomic mass is 9.92. The van der Waals surface area contributed by atoms with E-state index >= 15 is 0 Å². The number of aromatic nitrogens is 2. The Morgan fingerprint density at radius 1 is 1.13 bits per heavy atom. The maximum Gasteiger partial charge on any atom is 0.0898 e. The fraction of sp³-hybridized carbons (Fsp3) is 0.333. The van der Waals surface area contributed by atoms with Crippen LogP contribution in [0.15, 0.2) is 28.9 Å². The number of fused-ring (bicyclic) bond motifs is 1. The molecule has 0 amide bonds. The second kappa shape index (κ2) is 3.56. The van der Waals surface area contributed by atoms with E-state index in [4.69, 9.17) is 0 Å². The number of rotatable bonds is 0. The predicted molar refractivity (Wildman–Crippen MR) is 65.9 cm³/mol. The van der Waals surface area contributed by atoms with E-state index in [2.05, 4.69) is 46.7 Å². The minimum atomic E-state index is 0.0499. The first kappa shape index (κ1) is 10.6. The Bertz CT molecular complexity index is 500. The van der Waals surface area contributed by atoms with Crippen LogP contribution in [0.2, 0.25) is 0 Å². The summed E-state index contributed by atoms with van der Waals surface area (Å²) in [5.41, 5.74) is 2.95. The molecular formula is C12H13BrN2. The van der Waals surface area contributed by atoms with Crippen molar-refractivity contribution in [3.05, 3.63) is 34.6 Å². The summed E-state index contributed by atoms with van der Waals surface area (Å²) in [7, 11) is 0. The summed E-state index contributed by atoms with van der Waals surface area (Å²) < 4.78 is 1.04. The molecule has 1 aromatic carbocycles. The first-order valence-electron chi connectivity index (χ1n) is 4.89. The Kier molecular flexibility index (Phi) is 2.51. The van der Waals surface area contributed by atoms with E-state index in [-0.39, 0.29) is 5.41 Å². The van der Waals surface area contributed by atoms with Gasteiger partial charge in [0.1, 0.15) is 0 Å². The molecule has 0 bridgehead atoms. The molecule has 2 rings (SSSR count). The molecule has 0 radical (unpaired) electrons. The molecule has 0 atom stereocenters. The minimum Gasteiger partial charge on any atom is -0.253 e. The van der Waals surface area contributed by atoms with Crippen molar-refractivity contribution in [2.24, 2.45) is 0 Å². The third kappa shape index (κ3) is 2.17. The van der Waals surface area contributed by atoms with Gasteiger partial charge in [0, 0.05) is 16.1 Å². The van der Waals surface area contributed by atoms with Crippen LogP contribution in [0.4, 0.5) is 0 Å². The van der Waals surface area contributed by atoms with Crippen LogP contribution < -0.4 is 0 Å². The molecule has 0 N–H and O–H groups in total. The number of nitrogens with zero attached hydrogens (tertiary/aromatic N) is 2. The van der Waals surface area contributed by atoms with Gasteiger partial charge in [0.15, 0.2) is 0 Å². The van der Waals surface area contributed by atoms with Crippen LogP contribution in [-0.4, -0.2) is 9.97 Å². The maximum absolute atomic E-state index is 4.60. The van der Waals surface area contributed by atoms with Gasteiger partial charge in [-0.25, -0.2) is 4.98 Å². The molecule has 0 unspecified atom stereocenters. The maximum atomic E-state index is 4.60. The number of hydrogen-bond donors (Lipinski definition) is 0. The molecule has 3 heteroatoms. The van der Waals surface area contributed by atoms with Crippen LogP contribution in [0, 0.1) is 0 Å². The van der Waals surface area contributed by atoms with Crippen LogP contribution in [-0.2, 0) is 5.41 Å². The molecule has 0 aliphatic carbocycles. The summed E-state index contributed by atoms with van der Waals surface area (Å²) in [6, 6.07) is 5.96. The van der Waals surface area contributed by atoms with Crippen LogP contribution in [0.1, 0.15) is 26.5 Å². The Labute approximate surface area is 97.9 Å². The standard InChI is InChI=1S/C12H13BrN2/c1-12(2,3)11-7-14-10-6-8(13)4-5-9(10)15-11/h4-7H,1-3H3. The third-order valence-corrected chi connectivity index (χ3v) is 2.77. The van der Waals surface area contributed by atoms with Crippen molar-refractivity contribution in [3.63, 3.8) is 0 Å². The number of hydrogen-bond acceptors (Lipinski definition) is 2. The van der Waals surface area contributed by atoms with Gasteiger partial charge >= 0.3 is 0 Å². The zero-order valence-corrected chi connectivity index (χ0v) is 10.7. The molecule has 1 aromatic heterocycles. The van der Waals surface area contributed by atoms with E-state index in [0.717, 1.165) is 21.2 Å². The second-order valence-electron chi connectivity index (χ2n) is 4.64. The van der Waals surface area contributed by atoms with Crippen molar-refractivity contribution in [2.75, 3.05) is 0 Å². The zero-order valence-electron chi connectivity index (χ0n) is 9.08. The summed E-state index contributed by atoms with van der Waals surface area (Å²) >= 11 is 3.42. The average molecular weight is 265 g/mol. The number of benzene rings is 1. The molecule has 15 heavy (non-hydrogen) atoms. The Morgan fingerprint density at radius 2 is 1.87 bits per heavy atom. The lowest BCUT2D eigenvalue weighted by molar-refractivity contribution is 0.568. The van der Waals surface area contributed by atoms with Gasteiger partial charge in [-0.15, -0.1) is 0 Å². The van der Waals surface area contributed by atoms with Crippen molar-refractivity contribution in [1.82, 2.24) is 9.97 Å². The quantitative estimate of drug-likeness (QED) is 0.726. The molecule has 78 valence electrons. The molecule has 1 heterocycles. The zero-order chi connectivity index (χ0) is 11.1. The van der Waals surface area contributed by atoms with Crippen molar-refractivity contribution in [1.29, 1.82) is 0 Å². The van der Waals surface area contributed by atoms with Gasteiger partial charge in [-0.1, -0.05) is 36.7 Å². The van der Waals surface area contributed by atoms with Gasteiger partial charge in [0.2, 0.25) is 0 Å². The fourth-order valence-electron chi connectivity index (χ4n) is 1.35. The fourth-order valence-corrected chi connectivity index (χ4v) is 1.69. The smallest absolute Gasteiger partial charge is 0.0898 e. The van der Waals surface area contributed by atoms with E-state index in [0.29, 0.717) is 0 Å². The van der Waals surface area contributed by atoms with Crippen LogP contribution in [0.3, 0.4) is 0 Å². The Balaban J connectivity index is 2.62. The van der Waals surface area contributed by atoms with Gasteiger partial charge in [0.25, 0.3) is 0 Å². The topological polar surface area (TPSA) is 25.8 Å². The molecule has 0 aliphatic heterocycles. The lowest BCUT2D eigenvalue weighted by Crippen LogP contribution is -2.13. The highest BCUT2D eigenvalue weighted by Crippen LogP contribution is 2.22. The monoisotopic (exact) mass is 264 g/mol. The molecule has 0 saturated heterocycles. The van der Waals surface area contributed by atoms with E-state index in [1.807, 2.05) is 24.4 Å². The normalized spacial score (nSPS) is 12.0. The van der Waals surface area contributed by atoms with Crippen molar-refractivity contribution >= 4 is 27.0 Å². The predicted octanol–water partition coefficient (Wildman–Crippen LogP) is 3.69. The summed E-state index contributed by atoms with van der Waals surface area (Å²) in [6.45, 7) is 6.42. The van der Waals surface area contributed by atoms with Crippen LogP contribution in [0.5, 0.6) is 0 Å². The molecule has 0 spiro atoms. The van der Waals surface area contributed by atoms with Crippen molar-refractivity contribution in [2.45, 2.75) is 26.2 Å².